The van der Waals surface area contributed by atoms with Crippen LogP contribution in [-0.4, -0.2) is 97.6 Å². The minimum absolute atomic E-state index is 0.126. The summed E-state index contributed by atoms with van der Waals surface area (Å²) in [5.74, 6) is -4.30. The minimum atomic E-state index is -1.56. The number of nitrogens with two attached hydrogens (primary N) is 1. The molecule has 0 spiro atoms. The van der Waals surface area contributed by atoms with Crippen LogP contribution in [-0.2, 0) is 25.6 Å². The number of imidazole rings is 1. The molecule has 0 aromatic carbocycles. The first-order chi connectivity index (χ1) is 14.1. The molecule has 168 valence electrons. The lowest BCUT2D eigenvalue weighted by atomic mass is 10.1. The van der Waals surface area contributed by atoms with Crippen LogP contribution in [0, 0.1) is 0 Å². The number of nitrogens with one attached hydrogen (secondary N) is 4. The van der Waals surface area contributed by atoms with Crippen LogP contribution in [0.25, 0.3) is 0 Å². The zero-order valence-electron chi connectivity index (χ0n) is 16.1. The number of amides is 3. The van der Waals surface area contributed by atoms with E-state index in [2.05, 4.69) is 25.9 Å². The van der Waals surface area contributed by atoms with Crippen molar-refractivity contribution in [1.29, 1.82) is 0 Å². The molecule has 0 bridgehead atoms. The van der Waals surface area contributed by atoms with Gasteiger partial charge in [-0.3, -0.25) is 14.4 Å². The van der Waals surface area contributed by atoms with Crippen LogP contribution >= 0.6 is 0 Å². The average Bonchev–Trinajstić information content (AvgIpc) is 3.21. The van der Waals surface area contributed by atoms with Crippen LogP contribution in [0.5, 0.6) is 0 Å². The molecule has 1 aromatic rings. The van der Waals surface area contributed by atoms with Crippen molar-refractivity contribution >= 4 is 23.7 Å². The van der Waals surface area contributed by atoms with Crippen molar-refractivity contribution in [2.75, 3.05) is 13.2 Å². The molecule has 1 rings (SSSR count). The zero-order valence-corrected chi connectivity index (χ0v) is 16.1. The summed E-state index contributed by atoms with van der Waals surface area (Å²) in [6.45, 7) is -0.396. The molecular weight excluding hydrogens is 404 g/mol. The van der Waals surface area contributed by atoms with E-state index in [-0.39, 0.29) is 6.42 Å². The number of carbonyl (C=O) groups is 4. The van der Waals surface area contributed by atoms with E-state index in [1.165, 1.54) is 19.4 Å². The molecule has 1 heterocycles. The van der Waals surface area contributed by atoms with Crippen molar-refractivity contribution in [3.63, 3.8) is 0 Å². The van der Waals surface area contributed by atoms with Gasteiger partial charge in [0.25, 0.3) is 0 Å². The number of H-pyrrole nitrogens is 1. The minimum Gasteiger partial charge on any atom is -0.480 e. The predicted octanol–water partition coefficient (Wildman–Crippen LogP) is -4.82. The summed E-state index contributed by atoms with van der Waals surface area (Å²) in [4.78, 5) is 54.3. The molecule has 0 saturated heterocycles. The first-order valence-corrected chi connectivity index (χ1v) is 8.87. The van der Waals surface area contributed by atoms with Gasteiger partial charge in [-0.2, -0.15) is 0 Å². The number of aromatic amines is 1. The van der Waals surface area contributed by atoms with E-state index >= 15 is 0 Å². The molecule has 5 unspecified atom stereocenters. The molecule has 0 radical (unpaired) electrons. The lowest BCUT2D eigenvalue weighted by Crippen LogP contribution is -2.60. The molecule has 14 heteroatoms. The van der Waals surface area contributed by atoms with Gasteiger partial charge in [0.1, 0.15) is 24.2 Å². The fraction of sp³-hybridized carbons (Fsp3) is 0.562. The Balaban J connectivity index is 2.80. The van der Waals surface area contributed by atoms with Crippen molar-refractivity contribution in [3.8, 4) is 0 Å². The maximum Gasteiger partial charge on any atom is 0.326 e. The number of aliphatic carboxylic acids is 1. The number of carboxylic acid groups (broad SMARTS) is 1. The smallest absolute Gasteiger partial charge is 0.326 e. The van der Waals surface area contributed by atoms with Crippen LogP contribution in [0.4, 0.5) is 0 Å². The predicted molar refractivity (Wildman–Crippen MR) is 99.5 cm³/mol. The summed E-state index contributed by atoms with van der Waals surface area (Å²) in [6, 6.07) is -5.82. The standard InChI is InChI=1S/C16H26N6O8/c1-7(25)12(22-13(26)9(17)4-23)15(28)21-11(5-24)14(27)20-10(16(29)30)2-8-3-18-6-19-8/h3,6-7,9-12,23-25H,2,4-5,17H2,1H3,(H,18,19)(H,20,27)(H,21,28)(H,22,26)(H,29,30). The van der Waals surface area contributed by atoms with Crippen molar-refractivity contribution in [2.24, 2.45) is 5.73 Å². The molecular formula is C16H26N6O8. The van der Waals surface area contributed by atoms with Crippen LogP contribution in [0.3, 0.4) is 0 Å². The third-order valence-corrected chi connectivity index (χ3v) is 4.01. The van der Waals surface area contributed by atoms with E-state index in [0.29, 0.717) is 5.69 Å². The van der Waals surface area contributed by atoms with Crippen LogP contribution in [0.1, 0.15) is 12.6 Å². The molecule has 14 nitrogen and oxygen atoms in total. The highest BCUT2D eigenvalue weighted by molar-refractivity contribution is 5.94. The van der Waals surface area contributed by atoms with Gasteiger partial charge in [0.2, 0.25) is 17.7 Å². The Labute approximate surface area is 170 Å². The highest BCUT2D eigenvalue weighted by Crippen LogP contribution is 2.01. The van der Waals surface area contributed by atoms with E-state index in [1.807, 2.05) is 0 Å². The van der Waals surface area contributed by atoms with Crippen LogP contribution in [0.15, 0.2) is 12.5 Å². The summed E-state index contributed by atoms with van der Waals surface area (Å²) >= 11 is 0. The molecule has 30 heavy (non-hydrogen) atoms. The van der Waals surface area contributed by atoms with Gasteiger partial charge in [-0.05, 0) is 6.92 Å². The first kappa shape index (κ1) is 25.0. The van der Waals surface area contributed by atoms with Gasteiger partial charge in [0.05, 0.1) is 25.6 Å². The quantitative estimate of drug-likeness (QED) is 0.153. The number of aromatic nitrogens is 2. The third kappa shape index (κ3) is 7.40. The SMILES string of the molecule is CC(O)C(NC(=O)C(N)CO)C(=O)NC(CO)C(=O)NC(Cc1cnc[nH]1)C(=O)O. The summed E-state index contributed by atoms with van der Waals surface area (Å²) in [7, 11) is 0. The van der Waals surface area contributed by atoms with E-state index in [4.69, 9.17) is 10.8 Å². The number of hydrogen-bond donors (Lipinski definition) is 9. The second kappa shape index (κ2) is 11.8. The Morgan fingerprint density at radius 2 is 1.70 bits per heavy atom. The van der Waals surface area contributed by atoms with Crippen molar-refractivity contribution < 1.29 is 39.6 Å². The number of aliphatic hydroxyl groups is 3. The second-order valence-corrected chi connectivity index (χ2v) is 6.44. The Morgan fingerprint density at radius 1 is 1.07 bits per heavy atom. The lowest BCUT2D eigenvalue weighted by Gasteiger charge is -2.25. The van der Waals surface area contributed by atoms with Gasteiger partial charge < -0.3 is 47.1 Å². The number of aliphatic hydroxyl groups excluding tert-OH is 3. The van der Waals surface area contributed by atoms with Crippen molar-refractivity contribution in [1.82, 2.24) is 25.9 Å². The van der Waals surface area contributed by atoms with Gasteiger partial charge in [-0.15, -0.1) is 0 Å². The lowest BCUT2D eigenvalue weighted by molar-refractivity contribution is -0.142. The number of hydrogen-bond acceptors (Lipinski definition) is 9. The molecule has 10 N–H and O–H groups in total. The second-order valence-electron chi connectivity index (χ2n) is 6.44. The van der Waals surface area contributed by atoms with Crippen LogP contribution in [0.2, 0.25) is 0 Å². The molecule has 0 aliphatic heterocycles. The van der Waals surface area contributed by atoms with Crippen molar-refractivity contribution in [3.05, 3.63) is 18.2 Å². The van der Waals surface area contributed by atoms with Gasteiger partial charge in [0, 0.05) is 18.3 Å². The highest BCUT2D eigenvalue weighted by Gasteiger charge is 2.32. The third-order valence-electron chi connectivity index (χ3n) is 4.01. The molecule has 3 amide bonds. The maximum absolute atomic E-state index is 12.4. The summed E-state index contributed by atoms with van der Waals surface area (Å²) in [5, 5.41) is 43.8. The Morgan fingerprint density at radius 3 is 2.17 bits per heavy atom. The number of rotatable bonds is 12. The summed E-state index contributed by atoms with van der Waals surface area (Å²) in [5.41, 5.74) is 5.77. The molecule has 0 aliphatic rings. The fourth-order valence-electron chi connectivity index (χ4n) is 2.29. The summed E-state index contributed by atoms with van der Waals surface area (Å²) in [6.07, 6.45) is 1.17. The van der Waals surface area contributed by atoms with E-state index in [1.54, 1.807) is 0 Å². The van der Waals surface area contributed by atoms with Gasteiger partial charge in [0.15, 0.2) is 0 Å². The van der Waals surface area contributed by atoms with Crippen molar-refractivity contribution in [2.45, 2.75) is 43.6 Å². The topological polar surface area (TPSA) is 240 Å². The zero-order chi connectivity index (χ0) is 22.8. The largest absolute Gasteiger partial charge is 0.480 e. The average molecular weight is 430 g/mol. The summed E-state index contributed by atoms with van der Waals surface area (Å²) < 4.78 is 0. The van der Waals surface area contributed by atoms with Gasteiger partial charge >= 0.3 is 5.97 Å². The number of nitrogens with zero attached hydrogens (tertiary/aromatic N) is 1. The molecule has 0 fully saturated rings. The fourth-order valence-corrected chi connectivity index (χ4v) is 2.29. The Bertz CT molecular complexity index is 725. The Kier molecular flexibility index (Phi) is 9.83. The number of carboxylic acids is 1. The van der Waals surface area contributed by atoms with E-state index in [0.717, 1.165) is 0 Å². The van der Waals surface area contributed by atoms with E-state index in [9.17, 15) is 34.5 Å². The maximum atomic E-state index is 12.4. The highest BCUT2D eigenvalue weighted by atomic mass is 16.4. The molecule has 0 aliphatic carbocycles. The monoisotopic (exact) mass is 430 g/mol. The van der Waals surface area contributed by atoms with E-state index < -0.39 is 67.2 Å². The molecule has 1 aromatic heterocycles. The van der Waals surface area contributed by atoms with Gasteiger partial charge in [-0.25, -0.2) is 9.78 Å². The first-order valence-electron chi connectivity index (χ1n) is 8.87. The Hall–Kier alpha value is -3.07. The molecule has 0 saturated carbocycles. The van der Waals surface area contributed by atoms with Gasteiger partial charge in [-0.1, -0.05) is 0 Å². The molecule has 5 atom stereocenters. The van der Waals surface area contributed by atoms with Crippen LogP contribution < -0.4 is 21.7 Å². The number of carbonyl (C=O) groups excluding carboxylic acids is 3. The normalized spacial score (nSPS) is 15.9.